The summed E-state index contributed by atoms with van der Waals surface area (Å²) in [5, 5.41) is 14.2. The highest BCUT2D eigenvalue weighted by atomic mass is 16.5. The van der Waals surface area contributed by atoms with Gasteiger partial charge in [-0.25, -0.2) is 4.79 Å². The Kier molecular flexibility index (Phi) is 5.60. The van der Waals surface area contributed by atoms with Gasteiger partial charge in [-0.1, -0.05) is 18.2 Å². The fraction of sp³-hybridized carbons (Fsp3) is 0.407. The Hall–Kier alpha value is -2.92. The van der Waals surface area contributed by atoms with E-state index in [1.165, 1.54) is 24.1 Å². The molecule has 5 nitrogen and oxygen atoms in total. The number of hydrogen-bond donors (Lipinski definition) is 2. The SMILES string of the molecule is Cc1cc([C@H](C)Nc2ccccc2C(=O)O)c2cc([C@@H]3CCCOC3)c(C3CC3)nc2c1. The summed E-state index contributed by atoms with van der Waals surface area (Å²) in [4.78, 5) is 16.9. The van der Waals surface area contributed by atoms with Crippen LogP contribution in [-0.2, 0) is 4.74 Å². The topological polar surface area (TPSA) is 71.5 Å². The van der Waals surface area contributed by atoms with E-state index in [1.54, 1.807) is 12.1 Å². The molecule has 0 spiro atoms. The van der Waals surface area contributed by atoms with Crippen LogP contribution in [0.25, 0.3) is 10.9 Å². The molecule has 2 aliphatic rings. The number of fused-ring (bicyclic) bond motifs is 1. The minimum atomic E-state index is -0.926. The molecule has 0 amide bonds. The van der Waals surface area contributed by atoms with Gasteiger partial charge in [0.2, 0.25) is 0 Å². The van der Waals surface area contributed by atoms with E-state index < -0.39 is 5.97 Å². The number of rotatable bonds is 6. The van der Waals surface area contributed by atoms with Crippen molar-refractivity contribution in [2.75, 3.05) is 18.5 Å². The summed E-state index contributed by atoms with van der Waals surface area (Å²) in [6.07, 6.45) is 4.69. The van der Waals surface area contributed by atoms with Crippen LogP contribution in [0.4, 0.5) is 5.69 Å². The maximum atomic E-state index is 11.7. The number of hydrogen-bond acceptors (Lipinski definition) is 4. The van der Waals surface area contributed by atoms with E-state index in [0.717, 1.165) is 48.1 Å². The Morgan fingerprint density at radius 1 is 1.16 bits per heavy atom. The quantitative estimate of drug-likeness (QED) is 0.488. The van der Waals surface area contributed by atoms with E-state index in [2.05, 4.69) is 37.4 Å². The molecule has 2 aromatic carbocycles. The second-order valence-electron chi connectivity index (χ2n) is 9.29. The van der Waals surface area contributed by atoms with Crippen LogP contribution in [0.5, 0.6) is 0 Å². The fourth-order valence-electron chi connectivity index (χ4n) is 4.94. The van der Waals surface area contributed by atoms with Crippen molar-refractivity contribution in [3.63, 3.8) is 0 Å². The number of anilines is 1. The lowest BCUT2D eigenvalue weighted by Crippen LogP contribution is -2.18. The molecular formula is C27H30N2O3. The number of ether oxygens (including phenoxy) is 1. The minimum Gasteiger partial charge on any atom is -0.478 e. The molecule has 1 saturated carbocycles. The lowest BCUT2D eigenvalue weighted by Gasteiger charge is -2.26. The summed E-state index contributed by atoms with van der Waals surface area (Å²) >= 11 is 0. The van der Waals surface area contributed by atoms with E-state index in [1.807, 2.05) is 12.1 Å². The summed E-state index contributed by atoms with van der Waals surface area (Å²) in [6, 6.07) is 13.7. The third kappa shape index (κ3) is 4.09. The molecular weight excluding hydrogens is 400 g/mol. The molecule has 0 bridgehead atoms. The molecule has 32 heavy (non-hydrogen) atoms. The standard InChI is InChI=1S/C27H30N2O3/c1-16-12-21(17(2)28-24-8-4-3-7-20(24)27(30)31)23-14-22(19-6-5-11-32-15-19)26(18-9-10-18)29-25(23)13-16/h3-4,7-8,12-14,17-19,28H,5-6,9-11,15H2,1-2H3,(H,30,31)/t17-,19+/m0/s1. The predicted molar refractivity (Wildman–Crippen MR) is 127 cm³/mol. The molecule has 2 fully saturated rings. The second kappa shape index (κ2) is 8.55. The first-order valence-corrected chi connectivity index (χ1v) is 11.6. The summed E-state index contributed by atoms with van der Waals surface area (Å²) in [6.45, 7) is 5.81. The molecule has 3 aromatic rings. The number of carbonyl (C=O) groups is 1. The molecule has 1 aromatic heterocycles. The Labute approximate surface area is 188 Å². The summed E-state index contributed by atoms with van der Waals surface area (Å²) < 4.78 is 5.82. The Morgan fingerprint density at radius 3 is 2.69 bits per heavy atom. The Bertz CT molecular complexity index is 1160. The number of aryl methyl sites for hydroxylation is 1. The first-order chi connectivity index (χ1) is 15.5. The highest BCUT2D eigenvalue weighted by molar-refractivity contribution is 5.94. The summed E-state index contributed by atoms with van der Waals surface area (Å²) in [5.74, 6) is 0.0596. The van der Waals surface area contributed by atoms with E-state index >= 15 is 0 Å². The number of pyridine rings is 1. The van der Waals surface area contributed by atoms with Crippen molar-refractivity contribution in [1.82, 2.24) is 4.98 Å². The fourth-order valence-corrected chi connectivity index (χ4v) is 4.94. The van der Waals surface area contributed by atoms with Gasteiger partial charge in [-0.15, -0.1) is 0 Å². The van der Waals surface area contributed by atoms with Crippen molar-refractivity contribution in [3.05, 3.63) is 70.4 Å². The largest absolute Gasteiger partial charge is 0.478 e. The van der Waals surface area contributed by atoms with Gasteiger partial charge in [0.25, 0.3) is 0 Å². The van der Waals surface area contributed by atoms with Crippen molar-refractivity contribution in [3.8, 4) is 0 Å². The zero-order valence-corrected chi connectivity index (χ0v) is 18.7. The molecule has 1 aliphatic heterocycles. The third-order valence-electron chi connectivity index (χ3n) is 6.73. The Morgan fingerprint density at radius 2 is 1.97 bits per heavy atom. The molecule has 2 N–H and O–H groups in total. The monoisotopic (exact) mass is 430 g/mol. The highest BCUT2D eigenvalue weighted by Gasteiger charge is 2.31. The van der Waals surface area contributed by atoms with Gasteiger partial charge in [0.1, 0.15) is 0 Å². The first-order valence-electron chi connectivity index (χ1n) is 11.6. The van der Waals surface area contributed by atoms with Gasteiger partial charge in [0.15, 0.2) is 0 Å². The maximum Gasteiger partial charge on any atom is 0.337 e. The van der Waals surface area contributed by atoms with Crippen LogP contribution in [0.15, 0.2) is 42.5 Å². The van der Waals surface area contributed by atoms with Crippen LogP contribution in [0.1, 0.15) is 83.2 Å². The average molecular weight is 431 g/mol. The van der Waals surface area contributed by atoms with Crippen molar-refractivity contribution in [1.29, 1.82) is 0 Å². The van der Waals surface area contributed by atoms with Gasteiger partial charge in [0, 0.05) is 41.3 Å². The normalized spacial score (nSPS) is 19.6. The third-order valence-corrected chi connectivity index (χ3v) is 6.73. The van der Waals surface area contributed by atoms with Gasteiger partial charge in [-0.3, -0.25) is 4.98 Å². The number of para-hydroxylation sites is 1. The number of aromatic carboxylic acids is 1. The maximum absolute atomic E-state index is 11.7. The van der Waals surface area contributed by atoms with Crippen LogP contribution in [0.2, 0.25) is 0 Å². The number of nitrogens with one attached hydrogen (secondary N) is 1. The van der Waals surface area contributed by atoms with Crippen LogP contribution < -0.4 is 5.32 Å². The van der Waals surface area contributed by atoms with Crippen LogP contribution in [0.3, 0.4) is 0 Å². The zero-order valence-electron chi connectivity index (χ0n) is 18.7. The van der Waals surface area contributed by atoms with Crippen molar-refractivity contribution >= 4 is 22.6 Å². The predicted octanol–water partition coefficient (Wildman–Crippen LogP) is 6.19. The molecule has 166 valence electrons. The second-order valence-corrected chi connectivity index (χ2v) is 9.29. The lowest BCUT2D eigenvalue weighted by molar-refractivity contribution is 0.0698. The van der Waals surface area contributed by atoms with Gasteiger partial charge in [0.05, 0.1) is 17.7 Å². The lowest BCUT2D eigenvalue weighted by atomic mass is 9.88. The van der Waals surface area contributed by atoms with Gasteiger partial charge >= 0.3 is 5.97 Å². The molecule has 1 aliphatic carbocycles. The van der Waals surface area contributed by atoms with Gasteiger partial charge < -0.3 is 15.2 Å². The van der Waals surface area contributed by atoms with E-state index in [-0.39, 0.29) is 11.6 Å². The number of carboxylic acids is 1. The average Bonchev–Trinajstić information content (AvgIpc) is 3.64. The van der Waals surface area contributed by atoms with Crippen molar-refractivity contribution in [2.24, 2.45) is 0 Å². The number of nitrogens with zero attached hydrogens (tertiary/aromatic N) is 1. The highest BCUT2D eigenvalue weighted by Crippen LogP contribution is 2.45. The molecule has 1 saturated heterocycles. The van der Waals surface area contributed by atoms with E-state index in [4.69, 9.17) is 9.72 Å². The molecule has 2 heterocycles. The number of benzene rings is 2. The first kappa shape index (κ1) is 21.0. The summed E-state index contributed by atoms with van der Waals surface area (Å²) in [7, 11) is 0. The molecule has 0 unspecified atom stereocenters. The van der Waals surface area contributed by atoms with Gasteiger partial charge in [-0.05, 0) is 80.5 Å². The van der Waals surface area contributed by atoms with Crippen LogP contribution >= 0.6 is 0 Å². The van der Waals surface area contributed by atoms with E-state index in [9.17, 15) is 9.90 Å². The van der Waals surface area contributed by atoms with Crippen molar-refractivity contribution < 1.29 is 14.6 Å². The van der Waals surface area contributed by atoms with Crippen LogP contribution in [-0.4, -0.2) is 29.3 Å². The van der Waals surface area contributed by atoms with Gasteiger partial charge in [-0.2, -0.15) is 0 Å². The number of carboxylic acid groups (broad SMARTS) is 1. The Balaban J connectivity index is 1.59. The van der Waals surface area contributed by atoms with E-state index in [0.29, 0.717) is 17.5 Å². The zero-order chi connectivity index (χ0) is 22.2. The summed E-state index contributed by atoms with van der Waals surface area (Å²) in [5.41, 5.74) is 6.87. The van der Waals surface area contributed by atoms with Crippen LogP contribution in [0, 0.1) is 6.92 Å². The minimum absolute atomic E-state index is 0.0677. The molecule has 5 rings (SSSR count). The molecule has 0 radical (unpaired) electrons. The smallest absolute Gasteiger partial charge is 0.337 e. The van der Waals surface area contributed by atoms with Crippen molar-refractivity contribution in [2.45, 2.75) is 57.4 Å². The molecule has 5 heteroatoms. The number of aromatic nitrogens is 1. The molecule has 2 atom stereocenters.